The van der Waals surface area contributed by atoms with Gasteiger partial charge in [0.1, 0.15) is 36.6 Å². The Labute approximate surface area is 547 Å². The van der Waals surface area contributed by atoms with E-state index in [1.165, 1.54) is 44.9 Å². The second kappa shape index (κ2) is 55.6. The van der Waals surface area contributed by atoms with Gasteiger partial charge in [-0.1, -0.05) is 234 Å². The highest BCUT2D eigenvalue weighted by molar-refractivity contribution is 7.46. The predicted molar refractivity (Wildman–Crippen MR) is 351 cm³/mol. The molecule has 1 aliphatic rings. The first-order valence-electron chi connectivity index (χ1n) is 36.1. The minimum absolute atomic E-state index is 0.110. The average molecular weight is 1320 g/mol. The molecule has 532 valence electrons. The number of nitrogens with one attached hydrogen (secondary N) is 2. The van der Waals surface area contributed by atoms with Gasteiger partial charge in [0.05, 0.1) is 32.5 Å². The van der Waals surface area contributed by atoms with E-state index in [4.69, 9.17) is 32.9 Å². The van der Waals surface area contributed by atoms with E-state index in [0.29, 0.717) is 51.4 Å². The lowest BCUT2D eigenvalue weighted by atomic mass is 9.95. The molecule has 9 atom stereocenters. The van der Waals surface area contributed by atoms with Crippen molar-refractivity contribution in [3.05, 3.63) is 0 Å². The number of carbonyl (C=O) groups is 7. The monoisotopic (exact) mass is 1320 g/mol. The third-order valence-corrected chi connectivity index (χ3v) is 17.2. The normalized spacial score (nSPS) is 18.0. The van der Waals surface area contributed by atoms with Crippen LogP contribution in [0.1, 0.15) is 330 Å². The van der Waals surface area contributed by atoms with Crippen LogP contribution in [0.25, 0.3) is 0 Å². The van der Waals surface area contributed by atoms with Crippen LogP contribution in [0, 0.1) is 0 Å². The van der Waals surface area contributed by atoms with Gasteiger partial charge in [0, 0.05) is 19.3 Å². The number of unbranched alkanes of at least 4 members (excludes halogenated alkanes) is 30. The first-order chi connectivity index (χ1) is 43.8. The van der Waals surface area contributed by atoms with Gasteiger partial charge < -0.3 is 59.1 Å². The summed E-state index contributed by atoms with van der Waals surface area (Å²) in [6.07, 6.45) is 24.1. The first kappa shape index (κ1) is 85.3. The minimum atomic E-state index is -5.54. The summed E-state index contributed by atoms with van der Waals surface area (Å²) in [4.78, 5) is 116. The van der Waals surface area contributed by atoms with Crippen molar-refractivity contribution < 1.29 is 91.1 Å². The number of carboxylic acids is 1. The molecule has 1 aliphatic heterocycles. The Morgan fingerprint density at radius 3 is 1.14 bits per heavy atom. The summed E-state index contributed by atoms with van der Waals surface area (Å²) in [7, 11) is -5.54. The number of amides is 2. The molecule has 1 heterocycles. The van der Waals surface area contributed by atoms with E-state index in [1.54, 1.807) is 0 Å². The summed E-state index contributed by atoms with van der Waals surface area (Å²) in [6.45, 7) is 10.6. The number of phosphoric ester groups is 1. The van der Waals surface area contributed by atoms with Crippen LogP contribution in [0.3, 0.4) is 0 Å². The molecule has 0 bridgehead atoms. The predicted octanol–water partition coefficient (Wildman–Crippen LogP) is 14.6. The summed E-state index contributed by atoms with van der Waals surface area (Å²) in [5, 5.41) is 26.5. The molecule has 0 spiro atoms. The third-order valence-electron chi connectivity index (χ3n) is 16.7. The lowest BCUT2D eigenvalue weighted by Gasteiger charge is -2.45. The van der Waals surface area contributed by atoms with Gasteiger partial charge in [0.15, 0.2) is 18.4 Å². The number of hydrogen-bond acceptors (Lipinski definition) is 16. The largest absolute Gasteiger partial charge is 0.480 e. The van der Waals surface area contributed by atoms with Gasteiger partial charge >= 0.3 is 37.7 Å². The Morgan fingerprint density at radius 2 is 0.791 bits per heavy atom. The maximum absolute atomic E-state index is 14.6. The number of rotatable bonds is 61. The fourth-order valence-corrected chi connectivity index (χ4v) is 12.0. The molecule has 0 aromatic carbocycles. The second-order valence-electron chi connectivity index (χ2n) is 25.3. The van der Waals surface area contributed by atoms with Gasteiger partial charge in [0.2, 0.25) is 11.8 Å². The zero-order chi connectivity index (χ0) is 67.3. The van der Waals surface area contributed by atoms with Crippen LogP contribution in [-0.2, 0) is 71.1 Å². The fraction of sp³-hybridized carbons (Fsp3) is 0.899. The molecule has 2 amide bonds. The van der Waals surface area contributed by atoms with Gasteiger partial charge in [-0.3, -0.25) is 33.3 Å². The average Bonchev–Trinajstić information content (AvgIpc) is 2.19. The molecule has 0 aromatic heterocycles. The number of aliphatic hydroxyl groups is 1. The minimum Gasteiger partial charge on any atom is -0.480 e. The molecule has 0 saturated carbocycles. The number of aliphatic carboxylic acids is 1. The number of hydrogen-bond donors (Lipinski definition) is 6. The highest BCUT2D eigenvalue weighted by Gasteiger charge is 2.52. The van der Waals surface area contributed by atoms with Crippen molar-refractivity contribution in [3.63, 3.8) is 0 Å². The standard InChI is InChI=1S/C69H127N2O19P/c1-7-13-19-22-25-28-31-34-40-43-54(85-61(75)46-37-16-10-4)49-59(73)70-57(68(79)80)53-84-69-65(71-60(74)50-55(86-62(76)47-38-17-11-5)44-41-35-32-29-26-23-20-14-8-2)67(66(58(52-72)88-69)90-91(81,82)83)89-64(78)51-56(87-63(77)48-39-18-12-6)45-42-36-33-30-27-24-21-15-9-3/h54-58,65-67,69,72H,7-53H2,1-6H3,(H,70,73)(H,71,74)(H,79,80)(H2,81,82,83). The van der Waals surface area contributed by atoms with Crippen LogP contribution in [0.4, 0.5) is 0 Å². The summed E-state index contributed by atoms with van der Waals surface area (Å²) in [5.74, 6) is -5.65. The second-order valence-corrected chi connectivity index (χ2v) is 26.5. The van der Waals surface area contributed by atoms with Crippen molar-refractivity contribution in [1.29, 1.82) is 0 Å². The number of aliphatic hydroxyl groups excluding tert-OH is 1. The molecule has 1 saturated heterocycles. The number of esters is 4. The van der Waals surface area contributed by atoms with E-state index in [1.807, 2.05) is 20.8 Å². The molecule has 9 unspecified atom stereocenters. The van der Waals surface area contributed by atoms with Crippen molar-refractivity contribution in [2.45, 2.75) is 385 Å². The van der Waals surface area contributed by atoms with Gasteiger partial charge in [-0.25, -0.2) is 9.36 Å². The maximum atomic E-state index is 14.6. The van der Waals surface area contributed by atoms with Crippen LogP contribution in [-0.4, -0.2) is 130 Å². The smallest absolute Gasteiger partial charge is 0.470 e. The maximum Gasteiger partial charge on any atom is 0.470 e. The lowest BCUT2D eigenvalue weighted by molar-refractivity contribution is -0.272. The van der Waals surface area contributed by atoms with Crippen molar-refractivity contribution in [1.82, 2.24) is 10.6 Å². The zero-order valence-corrected chi connectivity index (χ0v) is 58.2. The van der Waals surface area contributed by atoms with Gasteiger partial charge in [-0.05, 0) is 57.8 Å². The number of phosphoric acid groups is 1. The Hall–Kier alpha value is -3.72. The van der Waals surface area contributed by atoms with Crippen LogP contribution in [0.2, 0.25) is 0 Å². The highest BCUT2D eigenvalue weighted by atomic mass is 31.2. The summed E-state index contributed by atoms with van der Waals surface area (Å²) in [5.41, 5.74) is 0. The quantitative estimate of drug-likeness (QED) is 0.0143. The third kappa shape index (κ3) is 45.3. The molecule has 0 radical (unpaired) electrons. The molecule has 1 fully saturated rings. The van der Waals surface area contributed by atoms with E-state index in [-0.39, 0.29) is 32.1 Å². The Kier molecular flexibility index (Phi) is 52.1. The van der Waals surface area contributed by atoms with Gasteiger partial charge in [-0.15, -0.1) is 0 Å². The first-order valence-corrected chi connectivity index (χ1v) is 37.6. The molecular weight excluding hydrogens is 1190 g/mol. The number of carbonyl (C=O) groups excluding carboxylic acids is 6. The van der Waals surface area contributed by atoms with Crippen LogP contribution in [0.5, 0.6) is 0 Å². The highest BCUT2D eigenvalue weighted by Crippen LogP contribution is 2.42. The Morgan fingerprint density at radius 1 is 0.451 bits per heavy atom. The topological polar surface area (TPSA) is 306 Å². The van der Waals surface area contributed by atoms with Crippen LogP contribution < -0.4 is 10.6 Å². The molecule has 22 heteroatoms. The Bertz CT molecular complexity index is 1960. The zero-order valence-electron chi connectivity index (χ0n) is 57.3. The molecular formula is C69H127N2O19P. The molecule has 0 aromatic rings. The van der Waals surface area contributed by atoms with Crippen LogP contribution >= 0.6 is 7.82 Å². The van der Waals surface area contributed by atoms with Gasteiger partial charge in [0.25, 0.3) is 0 Å². The van der Waals surface area contributed by atoms with E-state index in [0.717, 1.165) is 148 Å². The van der Waals surface area contributed by atoms with Crippen molar-refractivity contribution in [2.24, 2.45) is 0 Å². The van der Waals surface area contributed by atoms with E-state index in [9.17, 15) is 58.1 Å². The lowest BCUT2D eigenvalue weighted by Crippen LogP contribution is -2.66. The molecule has 21 nitrogen and oxygen atoms in total. The number of ether oxygens (including phenoxy) is 6. The van der Waals surface area contributed by atoms with Crippen molar-refractivity contribution in [3.8, 4) is 0 Å². The molecule has 0 aliphatic carbocycles. The van der Waals surface area contributed by atoms with E-state index in [2.05, 4.69) is 31.4 Å². The fourth-order valence-electron chi connectivity index (χ4n) is 11.4. The number of carboxylic acid groups (broad SMARTS) is 1. The van der Waals surface area contributed by atoms with Crippen molar-refractivity contribution in [2.75, 3.05) is 13.2 Å². The summed E-state index contributed by atoms with van der Waals surface area (Å²) >= 11 is 0. The molecule has 1 rings (SSSR count). The summed E-state index contributed by atoms with van der Waals surface area (Å²) < 4.78 is 54.0. The SMILES string of the molecule is CCCCCCCCCCCC(CC(=O)NC(COC1OC(CO)C(OP(=O)(O)O)C(OC(=O)CC(CCCCCCCCCCC)OC(=O)CCCCC)C1NC(=O)CC(CCCCCCCCCCC)OC(=O)CCCCC)C(=O)O)OC(=O)CCCCC. The van der Waals surface area contributed by atoms with Crippen LogP contribution in [0.15, 0.2) is 0 Å². The molecule has 6 N–H and O–H groups in total. The summed E-state index contributed by atoms with van der Waals surface area (Å²) in [6, 6.07) is -3.59. The van der Waals surface area contributed by atoms with Gasteiger partial charge in [-0.2, -0.15) is 0 Å². The van der Waals surface area contributed by atoms with E-state index < -0.39 is 131 Å². The Balaban J connectivity index is 3.78. The van der Waals surface area contributed by atoms with E-state index >= 15 is 0 Å². The van der Waals surface area contributed by atoms with Crippen molar-refractivity contribution >= 4 is 49.5 Å². The molecule has 91 heavy (non-hydrogen) atoms.